The van der Waals surface area contributed by atoms with Gasteiger partial charge < -0.3 is 15.4 Å². The summed E-state index contributed by atoms with van der Waals surface area (Å²) in [4.78, 5) is 17.7. The number of aromatic nitrogens is 1. The first-order chi connectivity index (χ1) is 13.6. The Bertz CT molecular complexity index is 893. The molecule has 0 atom stereocenters. The number of nitrogens with one attached hydrogen (secondary N) is 2. The van der Waals surface area contributed by atoms with Gasteiger partial charge in [-0.25, -0.2) is 9.78 Å². The zero-order valence-corrected chi connectivity index (χ0v) is 17.5. The molecule has 1 heterocycles. The molecule has 0 unspecified atom stereocenters. The lowest BCUT2D eigenvalue weighted by molar-refractivity contribution is 0.134. The van der Waals surface area contributed by atoms with E-state index in [0.29, 0.717) is 19.8 Å². The summed E-state index contributed by atoms with van der Waals surface area (Å²) in [5, 5.41) is 7.76. The summed E-state index contributed by atoms with van der Waals surface area (Å²) in [5.41, 5.74) is 3.96. The number of anilines is 1. The second kappa shape index (κ2) is 10.3. The van der Waals surface area contributed by atoms with Gasteiger partial charge in [0.05, 0.1) is 6.61 Å². The molecule has 0 fully saturated rings. The predicted molar refractivity (Wildman–Crippen MR) is 115 cm³/mol. The lowest BCUT2D eigenvalue weighted by Gasteiger charge is -2.09. The van der Waals surface area contributed by atoms with Gasteiger partial charge in [0.2, 0.25) is 0 Å². The highest BCUT2D eigenvalue weighted by atomic mass is 32.2. The van der Waals surface area contributed by atoms with E-state index in [2.05, 4.69) is 15.6 Å². The minimum Gasteiger partial charge on any atom is -0.377 e. The van der Waals surface area contributed by atoms with Crippen molar-refractivity contribution in [1.82, 2.24) is 10.3 Å². The maximum atomic E-state index is 12.1. The summed E-state index contributed by atoms with van der Waals surface area (Å²) >= 11 is 3.25. The van der Waals surface area contributed by atoms with Crippen LogP contribution in [-0.4, -0.2) is 17.6 Å². The molecular weight excluding hydrogens is 390 g/mol. The normalized spacial score (nSPS) is 10.6. The summed E-state index contributed by atoms with van der Waals surface area (Å²) in [6.45, 7) is 5.75. The van der Waals surface area contributed by atoms with Gasteiger partial charge in [-0.3, -0.25) is 0 Å². The molecule has 2 amide bonds. The van der Waals surface area contributed by atoms with E-state index >= 15 is 0 Å². The number of benzene rings is 2. The van der Waals surface area contributed by atoms with Crippen LogP contribution in [0.25, 0.3) is 0 Å². The second-order valence-corrected chi connectivity index (χ2v) is 8.32. The smallest absolute Gasteiger partial charge is 0.319 e. The van der Waals surface area contributed by atoms with Crippen molar-refractivity contribution in [2.75, 3.05) is 11.9 Å². The van der Waals surface area contributed by atoms with Gasteiger partial charge in [-0.05, 0) is 49.2 Å². The maximum absolute atomic E-state index is 12.1. The first kappa shape index (κ1) is 20.4. The highest BCUT2D eigenvalue weighted by Crippen LogP contribution is 2.30. The molecule has 146 valence electrons. The molecule has 3 rings (SSSR count). The van der Waals surface area contributed by atoms with E-state index in [-0.39, 0.29) is 6.03 Å². The molecule has 0 bridgehead atoms. The van der Waals surface area contributed by atoms with E-state index < -0.39 is 0 Å². The van der Waals surface area contributed by atoms with Gasteiger partial charge in [-0.2, -0.15) is 0 Å². The first-order valence-electron chi connectivity index (χ1n) is 9.03. The Hall–Kier alpha value is -2.35. The van der Waals surface area contributed by atoms with Crippen molar-refractivity contribution in [3.05, 3.63) is 70.7 Å². The van der Waals surface area contributed by atoms with Gasteiger partial charge in [0, 0.05) is 34.8 Å². The van der Waals surface area contributed by atoms with E-state index in [1.165, 1.54) is 0 Å². The van der Waals surface area contributed by atoms with E-state index in [0.717, 1.165) is 31.7 Å². The number of carbonyl (C=O) groups is 1. The Morgan fingerprint density at radius 1 is 1.11 bits per heavy atom. The minimum atomic E-state index is -0.227. The third-order valence-corrected chi connectivity index (χ3v) is 5.93. The van der Waals surface area contributed by atoms with Crippen molar-refractivity contribution in [2.45, 2.75) is 36.2 Å². The van der Waals surface area contributed by atoms with Crippen molar-refractivity contribution >= 4 is 34.8 Å². The van der Waals surface area contributed by atoms with E-state index in [1.54, 1.807) is 23.1 Å². The van der Waals surface area contributed by atoms with Crippen LogP contribution in [-0.2, 0) is 17.9 Å². The average molecular weight is 414 g/mol. The van der Waals surface area contributed by atoms with Crippen LogP contribution in [0.4, 0.5) is 10.5 Å². The Balaban J connectivity index is 1.45. The van der Waals surface area contributed by atoms with Crippen molar-refractivity contribution in [3.63, 3.8) is 0 Å². The van der Waals surface area contributed by atoms with Crippen LogP contribution in [0.3, 0.4) is 0 Å². The van der Waals surface area contributed by atoms with E-state index in [9.17, 15) is 4.79 Å². The van der Waals surface area contributed by atoms with Crippen LogP contribution in [0, 0.1) is 6.92 Å². The van der Waals surface area contributed by atoms with E-state index in [1.807, 2.05) is 67.8 Å². The van der Waals surface area contributed by atoms with Gasteiger partial charge in [-0.1, -0.05) is 36.0 Å². The largest absolute Gasteiger partial charge is 0.377 e. The number of hydrogen-bond donors (Lipinski definition) is 2. The number of rotatable bonds is 8. The number of aryl methyl sites for hydroxylation is 1. The molecule has 0 spiro atoms. The van der Waals surface area contributed by atoms with Gasteiger partial charge >= 0.3 is 6.03 Å². The third-order valence-electron chi connectivity index (χ3n) is 3.86. The molecule has 5 nitrogen and oxygen atoms in total. The monoisotopic (exact) mass is 413 g/mol. The lowest BCUT2D eigenvalue weighted by atomic mass is 10.1. The van der Waals surface area contributed by atoms with Gasteiger partial charge in [0.25, 0.3) is 0 Å². The molecule has 0 aliphatic heterocycles. The van der Waals surface area contributed by atoms with Gasteiger partial charge in [0.15, 0.2) is 4.34 Å². The molecule has 0 radical (unpaired) electrons. The number of thiazole rings is 1. The number of nitrogens with zero attached hydrogens (tertiary/aromatic N) is 1. The van der Waals surface area contributed by atoms with Crippen LogP contribution in [0.15, 0.2) is 63.1 Å². The number of urea groups is 1. The summed E-state index contributed by atoms with van der Waals surface area (Å²) < 4.78 is 6.40. The van der Waals surface area contributed by atoms with E-state index in [4.69, 9.17) is 4.74 Å². The van der Waals surface area contributed by atoms with Crippen molar-refractivity contribution in [3.8, 4) is 0 Å². The minimum absolute atomic E-state index is 0.227. The van der Waals surface area contributed by atoms with Crippen LogP contribution in [0.1, 0.15) is 23.7 Å². The van der Waals surface area contributed by atoms with Crippen molar-refractivity contribution in [2.24, 2.45) is 0 Å². The quantitative estimate of drug-likeness (QED) is 0.515. The Morgan fingerprint density at radius 2 is 1.82 bits per heavy atom. The fourth-order valence-electron chi connectivity index (χ4n) is 2.42. The summed E-state index contributed by atoms with van der Waals surface area (Å²) in [5.74, 6) is 0. The molecule has 0 aliphatic carbocycles. The molecule has 2 aromatic carbocycles. The Morgan fingerprint density at radius 3 is 2.46 bits per heavy atom. The molecule has 28 heavy (non-hydrogen) atoms. The third kappa shape index (κ3) is 6.37. The lowest BCUT2D eigenvalue weighted by Crippen LogP contribution is -2.28. The summed E-state index contributed by atoms with van der Waals surface area (Å²) in [6, 6.07) is 15.6. The zero-order chi connectivity index (χ0) is 19.8. The van der Waals surface area contributed by atoms with Gasteiger partial charge in [-0.15, -0.1) is 11.3 Å². The Labute approximate surface area is 173 Å². The first-order valence-corrected chi connectivity index (χ1v) is 10.7. The van der Waals surface area contributed by atoms with Crippen molar-refractivity contribution < 1.29 is 9.53 Å². The Kier molecular flexibility index (Phi) is 7.47. The fourth-order valence-corrected chi connectivity index (χ4v) is 4.23. The molecule has 7 heteroatoms. The molecule has 0 saturated heterocycles. The summed E-state index contributed by atoms with van der Waals surface area (Å²) in [6.07, 6.45) is 0. The molecule has 0 saturated carbocycles. The highest BCUT2D eigenvalue weighted by Gasteiger charge is 2.05. The van der Waals surface area contributed by atoms with Crippen molar-refractivity contribution in [1.29, 1.82) is 0 Å². The zero-order valence-electron chi connectivity index (χ0n) is 15.9. The molecule has 0 aliphatic rings. The predicted octanol–water partition coefficient (Wildman–Crippen LogP) is 5.46. The van der Waals surface area contributed by atoms with Crippen LogP contribution >= 0.6 is 23.1 Å². The van der Waals surface area contributed by atoms with Gasteiger partial charge in [0.1, 0.15) is 0 Å². The van der Waals surface area contributed by atoms with Crippen LogP contribution < -0.4 is 10.6 Å². The number of amides is 2. The highest BCUT2D eigenvalue weighted by molar-refractivity contribution is 8.01. The number of hydrogen-bond acceptors (Lipinski definition) is 5. The molecule has 3 aromatic rings. The SMILES string of the molecule is CCOCc1ccc(CNC(=O)Nc2ccc(Sc3nc(C)cs3)cc2)cc1. The average Bonchev–Trinajstić information content (AvgIpc) is 3.12. The number of ether oxygens (including phenoxy) is 1. The van der Waals surface area contributed by atoms with Crippen LogP contribution in [0.2, 0.25) is 0 Å². The standard InChI is InChI=1S/C21H23N3O2S2/c1-3-26-13-17-6-4-16(5-7-17)12-22-20(25)24-18-8-10-19(11-9-18)28-21-23-15(2)14-27-21/h4-11,14H,3,12-13H2,1-2H3,(H2,22,24,25). The van der Waals surface area contributed by atoms with Crippen LogP contribution in [0.5, 0.6) is 0 Å². The molecular formula is C21H23N3O2S2. The fraction of sp³-hybridized carbons (Fsp3) is 0.238. The number of carbonyl (C=O) groups excluding carboxylic acids is 1. The summed E-state index contributed by atoms with van der Waals surface area (Å²) in [7, 11) is 0. The molecule has 2 N–H and O–H groups in total. The maximum Gasteiger partial charge on any atom is 0.319 e. The molecule has 1 aromatic heterocycles. The topological polar surface area (TPSA) is 63.2 Å². The second-order valence-electron chi connectivity index (χ2n) is 6.14.